The number of hydrogen-bond acceptors (Lipinski definition) is 7. The molecule has 186 valence electrons. The van der Waals surface area contributed by atoms with Gasteiger partial charge in [-0.3, -0.25) is 0 Å². The van der Waals surface area contributed by atoms with E-state index in [0.717, 1.165) is 0 Å². The standard InChI is InChI=1S/C23H36N2O8/c1-22(2,3)32-20(28)24(7)11-13-30-17-10-9-16(19(26)27)15-18(17)31-14-12-25(8)21(29)33-23(4,5)6/h9-10,15H,11-14H2,1-8H3,(H,26,27). The summed E-state index contributed by atoms with van der Waals surface area (Å²) in [7, 11) is 3.17. The first-order chi connectivity index (χ1) is 15.1. The summed E-state index contributed by atoms with van der Waals surface area (Å²) in [6.07, 6.45) is -0.971. The Labute approximate surface area is 195 Å². The van der Waals surface area contributed by atoms with E-state index in [1.165, 1.54) is 28.0 Å². The van der Waals surface area contributed by atoms with E-state index in [-0.39, 0.29) is 37.6 Å². The Morgan fingerprint density at radius 1 is 0.788 bits per heavy atom. The molecule has 2 amide bonds. The number of hydrogen-bond donors (Lipinski definition) is 1. The molecular formula is C23H36N2O8. The molecule has 0 aliphatic rings. The van der Waals surface area contributed by atoms with Crippen LogP contribution in [0.2, 0.25) is 0 Å². The van der Waals surface area contributed by atoms with Crippen molar-refractivity contribution in [3.05, 3.63) is 23.8 Å². The number of carbonyl (C=O) groups excluding carboxylic acids is 2. The average Bonchev–Trinajstić information content (AvgIpc) is 2.65. The van der Waals surface area contributed by atoms with Crippen LogP contribution in [0.3, 0.4) is 0 Å². The zero-order valence-electron chi connectivity index (χ0n) is 20.8. The number of likely N-dealkylation sites (N-methyl/N-ethyl adjacent to an activating group) is 2. The number of rotatable bonds is 9. The van der Waals surface area contributed by atoms with Gasteiger partial charge in [-0.15, -0.1) is 0 Å². The fraction of sp³-hybridized carbons (Fsp3) is 0.609. The molecule has 1 N–H and O–H groups in total. The van der Waals surface area contributed by atoms with Crippen molar-refractivity contribution >= 4 is 18.2 Å². The first kappa shape index (κ1) is 27.9. The summed E-state index contributed by atoms with van der Waals surface area (Å²) in [5, 5.41) is 9.27. The smallest absolute Gasteiger partial charge is 0.410 e. The van der Waals surface area contributed by atoms with Crippen LogP contribution in [0, 0.1) is 0 Å². The van der Waals surface area contributed by atoms with Crippen LogP contribution in [-0.2, 0) is 9.47 Å². The van der Waals surface area contributed by atoms with Crippen LogP contribution in [-0.4, -0.2) is 84.7 Å². The molecule has 10 heteroatoms. The first-order valence-corrected chi connectivity index (χ1v) is 10.6. The average molecular weight is 469 g/mol. The Hall–Kier alpha value is -3.17. The summed E-state index contributed by atoms with van der Waals surface area (Å²) in [5.74, 6) is -0.577. The molecule has 10 nitrogen and oxygen atoms in total. The van der Waals surface area contributed by atoms with Gasteiger partial charge in [0.2, 0.25) is 0 Å². The van der Waals surface area contributed by atoms with Crippen molar-refractivity contribution in [2.45, 2.75) is 52.7 Å². The van der Waals surface area contributed by atoms with Gasteiger partial charge in [0.05, 0.1) is 18.7 Å². The van der Waals surface area contributed by atoms with E-state index >= 15 is 0 Å². The summed E-state index contributed by atoms with van der Waals surface area (Å²) in [5.41, 5.74) is -1.19. The summed E-state index contributed by atoms with van der Waals surface area (Å²) >= 11 is 0. The van der Waals surface area contributed by atoms with Gasteiger partial charge >= 0.3 is 18.2 Å². The molecule has 33 heavy (non-hydrogen) atoms. The number of nitrogens with zero attached hydrogens (tertiary/aromatic N) is 2. The van der Waals surface area contributed by atoms with Gasteiger partial charge in [0, 0.05) is 14.1 Å². The zero-order chi connectivity index (χ0) is 25.4. The zero-order valence-corrected chi connectivity index (χ0v) is 20.8. The Morgan fingerprint density at radius 3 is 1.61 bits per heavy atom. The van der Waals surface area contributed by atoms with Gasteiger partial charge in [0.1, 0.15) is 24.4 Å². The second kappa shape index (κ2) is 11.6. The van der Waals surface area contributed by atoms with Crippen LogP contribution in [0.5, 0.6) is 11.5 Å². The van der Waals surface area contributed by atoms with Crippen molar-refractivity contribution in [3.63, 3.8) is 0 Å². The van der Waals surface area contributed by atoms with Crippen molar-refractivity contribution in [1.29, 1.82) is 0 Å². The molecule has 0 aliphatic carbocycles. The van der Waals surface area contributed by atoms with E-state index < -0.39 is 29.4 Å². The molecule has 0 spiro atoms. The van der Waals surface area contributed by atoms with Crippen molar-refractivity contribution in [2.75, 3.05) is 40.4 Å². The normalized spacial score (nSPS) is 11.4. The molecule has 0 bridgehead atoms. The molecule has 0 saturated heterocycles. The van der Waals surface area contributed by atoms with Gasteiger partial charge in [-0.1, -0.05) is 0 Å². The topological polar surface area (TPSA) is 115 Å². The number of carboxylic acids is 1. The summed E-state index contributed by atoms with van der Waals surface area (Å²) < 4.78 is 22.0. The molecule has 0 fully saturated rings. The highest BCUT2D eigenvalue weighted by molar-refractivity contribution is 5.88. The highest BCUT2D eigenvalue weighted by Crippen LogP contribution is 2.28. The summed E-state index contributed by atoms with van der Waals surface area (Å²) in [6, 6.07) is 4.24. The molecular weight excluding hydrogens is 432 g/mol. The van der Waals surface area contributed by atoms with Crippen LogP contribution in [0.1, 0.15) is 51.9 Å². The van der Waals surface area contributed by atoms with Gasteiger partial charge < -0.3 is 33.9 Å². The Balaban J connectivity index is 2.73. The van der Waals surface area contributed by atoms with Crippen LogP contribution >= 0.6 is 0 Å². The lowest BCUT2D eigenvalue weighted by molar-refractivity contribution is 0.0263. The van der Waals surface area contributed by atoms with Crippen molar-refractivity contribution in [3.8, 4) is 11.5 Å². The van der Waals surface area contributed by atoms with E-state index in [0.29, 0.717) is 5.75 Å². The highest BCUT2D eigenvalue weighted by atomic mass is 16.6. The predicted molar refractivity (Wildman–Crippen MR) is 122 cm³/mol. The fourth-order valence-corrected chi connectivity index (χ4v) is 2.32. The lowest BCUT2D eigenvalue weighted by Crippen LogP contribution is -2.36. The van der Waals surface area contributed by atoms with Crippen molar-refractivity contribution in [1.82, 2.24) is 9.80 Å². The monoisotopic (exact) mass is 468 g/mol. The molecule has 0 aromatic heterocycles. The summed E-state index contributed by atoms with van der Waals surface area (Å²) in [4.78, 5) is 38.2. The Morgan fingerprint density at radius 2 is 1.21 bits per heavy atom. The van der Waals surface area contributed by atoms with E-state index in [4.69, 9.17) is 18.9 Å². The third kappa shape index (κ3) is 10.8. The first-order valence-electron chi connectivity index (χ1n) is 10.6. The second-order valence-corrected chi connectivity index (χ2v) is 9.47. The third-order valence-corrected chi connectivity index (χ3v) is 3.97. The largest absolute Gasteiger partial charge is 0.488 e. The summed E-state index contributed by atoms with van der Waals surface area (Å²) in [6.45, 7) is 11.4. The molecule has 0 aliphatic heterocycles. The number of carboxylic acid groups (broad SMARTS) is 1. The molecule has 1 aromatic rings. The van der Waals surface area contributed by atoms with E-state index in [2.05, 4.69) is 0 Å². The lowest BCUT2D eigenvalue weighted by Gasteiger charge is -2.25. The molecule has 0 radical (unpaired) electrons. The third-order valence-electron chi connectivity index (χ3n) is 3.97. The molecule has 1 rings (SSSR count). The quantitative estimate of drug-likeness (QED) is 0.581. The van der Waals surface area contributed by atoms with Crippen LogP contribution in [0.15, 0.2) is 18.2 Å². The molecule has 0 atom stereocenters. The minimum atomic E-state index is -1.11. The van der Waals surface area contributed by atoms with Crippen molar-refractivity contribution < 1.29 is 38.4 Å². The Kier molecular flexibility index (Phi) is 9.81. The van der Waals surface area contributed by atoms with E-state index in [1.807, 2.05) is 0 Å². The van der Waals surface area contributed by atoms with Gasteiger partial charge in [-0.2, -0.15) is 0 Å². The molecule has 1 aromatic carbocycles. The van der Waals surface area contributed by atoms with Gasteiger partial charge in [-0.25, -0.2) is 14.4 Å². The van der Waals surface area contributed by atoms with Gasteiger partial charge in [0.15, 0.2) is 11.5 Å². The second-order valence-electron chi connectivity index (χ2n) is 9.47. The lowest BCUT2D eigenvalue weighted by atomic mass is 10.2. The fourth-order valence-electron chi connectivity index (χ4n) is 2.32. The number of amides is 2. The predicted octanol–water partition coefficient (Wildman–Crippen LogP) is 3.88. The minimum Gasteiger partial charge on any atom is -0.488 e. The number of ether oxygens (including phenoxy) is 4. The number of carbonyl (C=O) groups is 3. The van der Waals surface area contributed by atoms with Gasteiger partial charge in [-0.05, 0) is 59.7 Å². The Bertz CT molecular complexity index is 827. The maximum atomic E-state index is 12.1. The van der Waals surface area contributed by atoms with E-state index in [1.54, 1.807) is 55.6 Å². The van der Waals surface area contributed by atoms with Crippen LogP contribution < -0.4 is 9.47 Å². The van der Waals surface area contributed by atoms with Crippen LogP contribution in [0.4, 0.5) is 9.59 Å². The SMILES string of the molecule is CN(CCOc1ccc(C(=O)O)cc1OCCN(C)C(=O)OC(C)(C)C)C(=O)OC(C)(C)C. The maximum Gasteiger partial charge on any atom is 0.410 e. The van der Waals surface area contributed by atoms with Crippen molar-refractivity contribution in [2.24, 2.45) is 0 Å². The number of aromatic carboxylic acids is 1. The van der Waals surface area contributed by atoms with E-state index in [9.17, 15) is 19.5 Å². The maximum absolute atomic E-state index is 12.1. The van der Waals surface area contributed by atoms with Gasteiger partial charge in [0.25, 0.3) is 0 Å². The molecule has 0 saturated carbocycles. The minimum absolute atomic E-state index is 0.0312. The highest BCUT2D eigenvalue weighted by Gasteiger charge is 2.21. The van der Waals surface area contributed by atoms with Crippen LogP contribution in [0.25, 0.3) is 0 Å². The molecule has 0 unspecified atom stereocenters. The molecule has 0 heterocycles. The number of benzene rings is 1.